The van der Waals surface area contributed by atoms with Gasteiger partial charge in [0.25, 0.3) is 0 Å². The number of piperidine rings is 2. The molecule has 2 atom stereocenters. The van der Waals surface area contributed by atoms with E-state index < -0.39 is 10.0 Å². The van der Waals surface area contributed by atoms with Gasteiger partial charge in [0.15, 0.2) is 0 Å². The van der Waals surface area contributed by atoms with Crippen LogP contribution in [0.2, 0.25) is 5.02 Å². The maximum absolute atomic E-state index is 11.6. The Morgan fingerprint density at radius 1 is 1.10 bits per heavy atom. The fourth-order valence-corrected chi connectivity index (χ4v) is 6.04. The molecule has 3 fully saturated rings. The van der Waals surface area contributed by atoms with Crippen LogP contribution < -0.4 is 4.90 Å². The summed E-state index contributed by atoms with van der Waals surface area (Å²) < 4.78 is 30.7. The molecule has 0 bridgehead atoms. The van der Waals surface area contributed by atoms with Crippen molar-refractivity contribution in [2.45, 2.75) is 38.5 Å². The van der Waals surface area contributed by atoms with Crippen molar-refractivity contribution in [3.8, 4) is 0 Å². The van der Waals surface area contributed by atoms with Crippen LogP contribution in [-0.2, 0) is 14.8 Å². The van der Waals surface area contributed by atoms with E-state index in [1.807, 2.05) is 0 Å². The second-order valence-electron chi connectivity index (χ2n) is 9.15. The van der Waals surface area contributed by atoms with Gasteiger partial charge in [-0.15, -0.1) is 0 Å². The first kappa shape index (κ1) is 22.2. The molecule has 0 aromatic carbocycles. The summed E-state index contributed by atoms with van der Waals surface area (Å²) in [5, 5.41) is 0.580. The largest absolute Gasteiger partial charge is 0.381 e. The van der Waals surface area contributed by atoms with E-state index >= 15 is 0 Å². The van der Waals surface area contributed by atoms with Crippen molar-refractivity contribution in [3.63, 3.8) is 0 Å². The number of ether oxygens (including phenoxy) is 1. The third-order valence-corrected chi connectivity index (χ3v) is 8.54. The van der Waals surface area contributed by atoms with Gasteiger partial charge < -0.3 is 9.64 Å². The lowest BCUT2D eigenvalue weighted by atomic mass is 9.90. The summed E-state index contributed by atoms with van der Waals surface area (Å²) in [7, 11) is -3.04. The monoisotopic (exact) mass is 456 g/mol. The summed E-state index contributed by atoms with van der Waals surface area (Å²) >= 11 is 5.88. The second-order valence-corrected chi connectivity index (χ2v) is 11.6. The Morgan fingerprint density at radius 2 is 1.77 bits per heavy atom. The first-order chi connectivity index (χ1) is 14.4. The standard InChI is InChI=1S/C21H33ClN4O3S/c1-30(27,28)26-9-2-16(3-10-26)15-29-11-6-18-12-20(18)17-4-7-25(8-5-17)21-23-13-19(22)14-24-21/h13-14,16-18,20H,2-12,15H2,1H3. The summed E-state index contributed by atoms with van der Waals surface area (Å²) in [6.07, 6.45) is 11.4. The van der Waals surface area contributed by atoms with Gasteiger partial charge in [0.05, 0.1) is 23.7 Å². The van der Waals surface area contributed by atoms with Gasteiger partial charge >= 0.3 is 0 Å². The molecule has 1 aromatic heterocycles. The van der Waals surface area contributed by atoms with E-state index in [0.29, 0.717) is 24.0 Å². The minimum atomic E-state index is -3.04. The van der Waals surface area contributed by atoms with Crippen molar-refractivity contribution in [1.29, 1.82) is 0 Å². The van der Waals surface area contributed by atoms with Gasteiger partial charge in [0.1, 0.15) is 0 Å². The van der Waals surface area contributed by atoms with Crippen LogP contribution in [0.5, 0.6) is 0 Å². The van der Waals surface area contributed by atoms with E-state index in [0.717, 1.165) is 69.3 Å². The molecule has 0 N–H and O–H groups in total. The molecule has 4 rings (SSSR count). The third-order valence-electron chi connectivity index (χ3n) is 7.04. The van der Waals surface area contributed by atoms with E-state index in [9.17, 15) is 8.42 Å². The molecule has 0 radical (unpaired) electrons. The number of nitrogens with zero attached hydrogens (tertiary/aromatic N) is 4. The van der Waals surface area contributed by atoms with Crippen LogP contribution in [0.15, 0.2) is 12.4 Å². The smallest absolute Gasteiger partial charge is 0.225 e. The summed E-state index contributed by atoms with van der Waals surface area (Å²) in [6, 6.07) is 0. The SMILES string of the molecule is CS(=O)(=O)N1CCC(COCCC2CC2C2CCN(c3ncc(Cl)cn3)CC2)CC1. The molecule has 0 amide bonds. The van der Waals surface area contributed by atoms with Crippen LogP contribution in [0, 0.1) is 23.7 Å². The fraction of sp³-hybridized carbons (Fsp3) is 0.810. The van der Waals surface area contributed by atoms with Crippen molar-refractivity contribution in [2.24, 2.45) is 23.7 Å². The van der Waals surface area contributed by atoms with Gasteiger partial charge in [-0.2, -0.15) is 0 Å². The van der Waals surface area contributed by atoms with E-state index in [-0.39, 0.29) is 0 Å². The summed E-state index contributed by atoms with van der Waals surface area (Å²) in [4.78, 5) is 10.9. The number of aromatic nitrogens is 2. The van der Waals surface area contributed by atoms with Gasteiger partial charge in [-0.05, 0) is 62.2 Å². The minimum Gasteiger partial charge on any atom is -0.381 e. The van der Waals surface area contributed by atoms with Crippen LogP contribution in [0.1, 0.15) is 38.5 Å². The molecule has 30 heavy (non-hydrogen) atoms. The molecule has 3 heterocycles. The maximum atomic E-state index is 11.6. The number of anilines is 1. The van der Waals surface area contributed by atoms with Gasteiger partial charge in [-0.3, -0.25) is 0 Å². The highest BCUT2D eigenvalue weighted by molar-refractivity contribution is 7.88. The van der Waals surface area contributed by atoms with Crippen molar-refractivity contribution in [3.05, 3.63) is 17.4 Å². The zero-order valence-corrected chi connectivity index (χ0v) is 19.3. The Hall–Kier alpha value is -0.960. The van der Waals surface area contributed by atoms with Crippen LogP contribution in [0.4, 0.5) is 5.95 Å². The Bertz CT molecular complexity index is 791. The van der Waals surface area contributed by atoms with Crippen molar-refractivity contribution < 1.29 is 13.2 Å². The van der Waals surface area contributed by atoms with Gasteiger partial charge in [-0.25, -0.2) is 22.7 Å². The summed E-state index contributed by atoms with van der Waals surface area (Å²) in [5.41, 5.74) is 0. The molecule has 168 valence electrons. The van der Waals surface area contributed by atoms with Crippen LogP contribution in [-0.4, -0.2) is 68.3 Å². The highest BCUT2D eigenvalue weighted by Crippen LogP contribution is 2.49. The average Bonchev–Trinajstić information content (AvgIpc) is 3.51. The number of hydrogen-bond acceptors (Lipinski definition) is 6. The zero-order valence-electron chi connectivity index (χ0n) is 17.7. The molecule has 2 unspecified atom stereocenters. The topological polar surface area (TPSA) is 75.6 Å². The molecule has 0 spiro atoms. The number of sulfonamides is 1. The molecule has 3 aliphatic rings. The lowest BCUT2D eigenvalue weighted by Gasteiger charge is -2.32. The maximum Gasteiger partial charge on any atom is 0.225 e. The summed E-state index contributed by atoms with van der Waals surface area (Å²) in [5.74, 6) is 3.79. The van der Waals surface area contributed by atoms with Crippen molar-refractivity contribution >= 4 is 27.6 Å². The third kappa shape index (κ3) is 5.84. The molecule has 7 nitrogen and oxygen atoms in total. The van der Waals surface area contributed by atoms with E-state index in [4.69, 9.17) is 16.3 Å². The Kier molecular flexibility index (Phi) is 7.17. The Balaban J connectivity index is 1.08. The second kappa shape index (κ2) is 9.67. The molecule has 1 aromatic rings. The number of halogens is 1. The van der Waals surface area contributed by atoms with Crippen LogP contribution in [0.3, 0.4) is 0 Å². The minimum absolute atomic E-state index is 0.498. The molecular weight excluding hydrogens is 424 g/mol. The number of rotatable bonds is 8. The Labute approximate surface area is 185 Å². The first-order valence-corrected chi connectivity index (χ1v) is 13.4. The predicted molar refractivity (Wildman–Crippen MR) is 118 cm³/mol. The Morgan fingerprint density at radius 3 is 2.40 bits per heavy atom. The molecular formula is C21H33ClN4O3S. The van der Waals surface area contributed by atoms with E-state index in [1.54, 1.807) is 16.7 Å². The highest BCUT2D eigenvalue weighted by atomic mass is 35.5. The van der Waals surface area contributed by atoms with Crippen molar-refractivity contribution in [2.75, 3.05) is 50.5 Å². The molecule has 1 saturated carbocycles. The first-order valence-electron chi connectivity index (χ1n) is 11.2. The molecule has 2 aliphatic heterocycles. The quantitative estimate of drug-likeness (QED) is 0.559. The summed E-state index contributed by atoms with van der Waals surface area (Å²) in [6.45, 7) is 4.93. The molecule has 9 heteroatoms. The highest BCUT2D eigenvalue weighted by Gasteiger charge is 2.43. The lowest BCUT2D eigenvalue weighted by Crippen LogP contribution is -2.38. The van der Waals surface area contributed by atoms with Crippen LogP contribution >= 0.6 is 11.6 Å². The van der Waals surface area contributed by atoms with E-state index in [1.165, 1.54) is 25.5 Å². The van der Waals surface area contributed by atoms with E-state index in [2.05, 4.69) is 14.9 Å². The van der Waals surface area contributed by atoms with Crippen molar-refractivity contribution in [1.82, 2.24) is 14.3 Å². The normalized spacial score (nSPS) is 26.8. The molecule has 2 saturated heterocycles. The van der Waals surface area contributed by atoms with Crippen LogP contribution in [0.25, 0.3) is 0 Å². The predicted octanol–water partition coefficient (Wildman–Crippen LogP) is 3.06. The average molecular weight is 457 g/mol. The fourth-order valence-electron chi connectivity index (χ4n) is 5.07. The van der Waals surface area contributed by atoms with Gasteiger partial charge in [-0.1, -0.05) is 11.6 Å². The zero-order chi connectivity index (χ0) is 21.1. The number of hydrogen-bond donors (Lipinski definition) is 0. The van der Waals surface area contributed by atoms with Gasteiger partial charge in [0, 0.05) is 39.4 Å². The van der Waals surface area contributed by atoms with Gasteiger partial charge in [0.2, 0.25) is 16.0 Å². The lowest BCUT2D eigenvalue weighted by molar-refractivity contribution is 0.0746. The molecule has 1 aliphatic carbocycles.